The normalized spacial score (nSPS) is 29.5. The first kappa shape index (κ1) is 28.7. The van der Waals surface area contributed by atoms with E-state index in [2.05, 4.69) is 0 Å². The van der Waals surface area contributed by atoms with Gasteiger partial charge in [-0.15, -0.1) is 0 Å². The number of ether oxygens (including phenoxy) is 1. The molecule has 1 aliphatic rings. The molecule has 0 radical (unpaired) electrons. The van der Waals surface area contributed by atoms with Gasteiger partial charge in [-0.3, -0.25) is 0 Å². The van der Waals surface area contributed by atoms with Gasteiger partial charge in [-0.1, -0.05) is 109 Å². The Balaban J connectivity index is 1.69. The van der Waals surface area contributed by atoms with Crippen LogP contribution in [0.25, 0.3) is 0 Å². The zero-order valence-corrected chi connectivity index (χ0v) is 22.5. The average Bonchev–Trinajstić information content (AvgIpc) is 3.00. The quantitative estimate of drug-likeness (QED) is 0.212. The molecule has 7 nitrogen and oxygen atoms in total. The van der Waals surface area contributed by atoms with Gasteiger partial charge in [0, 0.05) is 19.3 Å². The molecule has 0 aliphatic heterocycles. The third-order valence-corrected chi connectivity index (χ3v) is 8.21. The molecule has 5 N–H and O–H groups in total. The Labute approximate surface area is 238 Å². The fourth-order valence-corrected chi connectivity index (χ4v) is 6.02. The van der Waals surface area contributed by atoms with E-state index in [1.54, 1.807) is 109 Å². The Morgan fingerprint density at radius 1 is 0.585 bits per heavy atom. The van der Waals surface area contributed by atoms with E-state index >= 15 is 0 Å². The number of hydrogen-bond donors (Lipinski definition) is 5. The molecule has 1 saturated carbocycles. The van der Waals surface area contributed by atoms with E-state index in [0.717, 1.165) is 0 Å². The average molecular weight is 555 g/mol. The summed E-state index contributed by atoms with van der Waals surface area (Å²) < 4.78 is 5.75. The van der Waals surface area contributed by atoms with E-state index in [1.807, 2.05) is 0 Å². The molecular weight excluding hydrogens is 520 g/mol. The molecule has 0 aromatic heterocycles. The lowest BCUT2D eigenvalue weighted by atomic mass is 9.54. The van der Waals surface area contributed by atoms with Crippen molar-refractivity contribution in [2.45, 2.75) is 54.4 Å². The van der Waals surface area contributed by atoms with Crippen LogP contribution in [0, 0.1) is 0 Å². The highest BCUT2D eigenvalue weighted by atomic mass is 16.6. The lowest BCUT2D eigenvalue weighted by Crippen LogP contribution is -2.85. The van der Waals surface area contributed by atoms with Crippen molar-refractivity contribution in [1.29, 1.82) is 0 Å². The zero-order chi connectivity index (χ0) is 29.1. The first-order valence-corrected chi connectivity index (χ1v) is 13.6. The lowest BCUT2D eigenvalue weighted by Gasteiger charge is -2.61. The number of aliphatic hydroxyl groups is 5. The van der Waals surface area contributed by atoms with E-state index in [4.69, 9.17) is 4.74 Å². The molecule has 0 bridgehead atoms. The smallest absolute Gasteiger partial charge is 0.338 e. The van der Waals surface area contributed by atoms with Gasteiger partial charge in [-0.2, -0.15) is 0 Å². The Morgan fingerprint density at radius 3 is 1.44 bits per heavy atom. The molecule has 5 rings (SSSR count). The topological polar surface area (TPSA) is 127 Å². The molecule has 0 unspecified atom stereocenters. The summed E-state index contributed by atoms with van der Waals surface area (Å²) in [5.74, 6) is -0.858. The summed E-state index contributed by atoms with van der Waals surface area (Å²) >= 11 is 0. The first-order valence-electron chi connectivity index (χ1n) is 13.6. The van der Waals surface area contributed by atoms with Gasteiger partial charge < -0.3 is 30.3 Å². The second-order valence-corrected chi connectivity index (χ2v) is 10.8. The number of hydrogen-bond acceptors (Lipinski definition) is 7. The van der Waals surface area contributed by atoms with Crippen molar-refractivity contribution < 1.29 is 35.1 Å². The fraction of sp³-hybridized carbons (Fsp3) is 0.265. The van der Waals surface area contributed by atoms with Crippen molar-refractivity contribution >= 4 is 5.97 Å². The maximum atomic E-state index is 13.3. The van der Waals surface area contributed by atoms with Crippen LogP contribution in [0.1, 0.15) is 27.0 Å². The van der Waals surface area contributed by atoms with Gasteiger partial charge in [0.05, 0.1) is 5.56 Å². The van der Waals surface area contributed by atoms with Crippen molar-refractivity contribution in [3.8, 4) is 0 Å². The molecule has 1 fully saturated rings. The molecule has 0 heterocycles. The molecule has 0 saturated heterocycles. The third kappa shape index (κ3) is 5.30. The van der Waals surface area contributed by atoms with Gasteiger partial charge in [0.25, 0.3) is 0 Å². The number of rotatable bonds is 8. The number of carbonyl (C=O) groups is 1. The van der Waals surface area contributed by atoms with Crippen LogP contribution in [0.15, 0.2) is 121 Å². The van der Waals surface area contributed by atoms with Gasteiger partial charge in [-0.05, 0) is 28.8 Å². The minimum atomic E-state index is -2.52. The van der Waals surface area contributed by atoms with Crippen molar-refractivity contribution in [2.24, 2.45) is 0 Å². The predicted molar refractivity (Wildman–Crippen MR) is 153 cm³/mol. The SMILES string of the molecule is O=C(O[C@@H]1[C@H](O)[C@H](O)[C@](O)(Cc2ccccc2)[C@@](O)(Cc2ccccc2)[C@]1(O)Cc1ccccc1)c1ccccc1. The van der Waals surface area contributed by atoms with Crippen LogP contribution < -0.4 is 0 Å². The highest BCUT2D eigenvalue weighted by Gasteiger charge is 2.74. The van der Waals surface area contributed by atoms with Crippen LogP contribution in [-0.4, -0.2) is 66.6 Å². The van der Waals surface area contributed by atoms with Gasteiger partial charge in [0.1, 0.15) is 29.0 Å². The maximum absolute atomic E-state index is 13.3. The molecular formula is C34H34O7. The fourth-order valence-electron chi connectivity index (χ4n) is 6.02. The van der Waals surface area contributed by atoms with Crippen LogP contribution in [0.4, 0.5) is 0 Å². The number of aliphatic hydroxyl groups excluding tert-OH is 2. The van der Waals surface area contributed by atoms with Crippen LogP contribution in [0.5, 0.6) is 0 Å². The minimum Gasteiger partial charge on any atom is -0.453 e. The monoisotopic (exact) mass is 554 g/mol. The van der Waals surface area contributed by atoms with E-state index in [-0.39, 0.29) is 24.8 Å². The van der Waals surface area contributed by atoms with Gasteiger partial charge in [0.15, 0.2) is 6.10 Å². The molecule has 6 atom stereocenters. The van der Waals surface area contributed by atoms with Crippen molar-refractivity contribution in [2.75, 3.05) is 0 Å². The van der Waals surface area contributed by atoms with E-state index < -0.39 is 41.1 Å². The van der Waals surface area contributed by atoms with Crippen molar-refractivity contribution in [3.63, 3.8) is 0 Å². The van der Waals surface area contributed by atoms with Gasteiger partial charge in [-0.25, -0.2) is 4.79 Å². The van der Waals surface area contributed by atoms with Crippen LogP contribution in [-0.2, 0) is 24.0 Å². The Bertz CT molecular complexity index is 1430. The highest BCUT2D eigenvalue weighted by Crippen LogP contribution is 2.50. The van der Waals surface area contributed by atoms with Crippen LogP contribution >= 0.6 is 0 Å². The largest absolute Gasteiger partial charge is 0.453 e. The highest BCUT2D eigenvalue weighted by molar-refractivity contribution is 5.89. The predicted octanol–water partition coefficient (Wildman–Crippen LogP) is 2.87. The molecule has 212 valence electrons. The van der Waals surface area contributed by atoms with E-state index in [9.17, 15) is 30.3 Å². The van der Waals surface area contributed by atoms with E-state index in [1.165, 1.54) is 12.1 Å². The van der Waals surface area contributed by atoms with E-state index in [0.29, 0.717) is 16.7 Å². The Hall–Kier alpha value is -3.85. The molecule has 4 aromatic carbocycles. The zero-order valence-electron chi connectivity index (χ0n) is 22.5. The first-order chi connectivity index (χ1) is 19.7. The summed E-state index contributed by atoms with van der Waals surface area (Å²) in [5.41, 5.74) is -5.60. The standard InChI is InChI=1S/C34H34O7/c35-28-29(36)32(38,21-24-13-5-1-6-14-24)34(40,23-26-17-9-3-10-18-26)33(39,22-25-15-7-2-8-16-25)30(28)41-31(37)27-19-11-4-12-20-27/h1-20,28-30,35-36,38-40H,21-23H2/t28-,29+,30-,32-,33+,34+/m1/s1. The summed E-state index contributed by atoms with van der Waals surface area (Å²) in [4.78, 5) is 13.3. The molecule has 0 amide bonds. The van der Waals surface area contributed by atoms with Crippen molar-refractivity contribution in [3.05, 3.63) is 144 Å². The Kier molecular flexibility index (Phi) is 8.09. The third-order valence-electron chi connectivity index (χ3n) is 8.21. The molecule has 4 aromatic rings. The molecule has 41 heavy (non-hydrogen) atoms. The number of benzene rings is 4. The second kappa shape index (κ2) is 11.6. The summed E-state index contributed by atoms with van der Waals surface area (Å²) in [6, 6.07) is 34.3. The Morgan fingerprint density at radius 2 is 0.976 bits per heavy atom. The summed E-state index contributed by atoms with van der Waals surface area (Å²) in [6.07, 6.45) is -6.67. The second-order valence-electron chi connectivity index (χ2n) is 10.8. The number of esters is 1. The maximum Gasteiger partial charge on any atom is 0.338 e. The lowest BCUT2D eigenvalue weighted by molar-refractivity contribution is -0.348. The van der Waals surface area contributed by atoms with Crippen LogP contribution in [0.2, 0.25) is 0 Å². The summed E-state index contributed by atoms with van der Waals surface area (Å²) in [7, 11) is 0. The minimum absolute atomic E-state index is 0.160. The van der Waals surface area contributed by atoms with Crippen LogP contribution in [0.3, 0.4) is 0 Å². The number of carbonyl (C=O) groups excluding carboxylic acids is 1. The molecule has 0 spiro atoms. The van der Waals surface area contributed by atoms with Gasteiger partial charge >= 0.3 is 5.97 Å². The summed E-state index contributed by atoms with van der Waals surface area (Å²) in [5, 5.41) is 60.9. The van der Waals surface area contributed by atoms with Crippen molar-refractivity contribution in [1.82, 2.24) is 0 Å². The van der Waals surface area contributed by atoms with Gasteiger partial charge in [0.2, 0.25) is 0 Å². The molecule has 7 heteroatoms. The molecule has 1 aliphatic carbocycles. The summed E-state index contributed by atoms with van der Waals surface area (Å²) in [6.45, 7) is 0.